The number of amides is 2. The molecule has 15 nitrogen and oxygen atoms in total. The summed E-state index contributed by atoms with van der Waals surface area (Å²) in [6.45, 7) is -0.255. The molecule has 2 aromatic carbocycles. The lowest BCUT2D eigenvalue weighted by Gasteiger charge is -2.41. The van der Waals surface area contributed by atoms with E-state index in [9.17, 15) is 50.4 Å². The molecular weight excluding hydrogens is 592 g/mol. The Morgan fingerprint density at radius 3 is 2.40 bits per heavy atom. The van der Waals surface area contributed by atoms with Crippen molar-refractivity contribution in [3.63, 3.8) is 0 Å². The van der Waals surface area contributed by atoms with Crippen molar-refractivity contribution in [2.75, 3.05) is 19.8 Å². The number of aromatic amines is 1. The predicted molar refractivity (Wildman–Crippen MR) is 157 cm³/mol. The molecule has 7 rings (SSSR count). The van der Waals surface area contributed by atoms with Gasteiger partial charge >= 0.3 is 0 Å². The molecule has 2 aliphatic heterocycles. The molecule has 0 spiro atoms. The molecule has 3 aliphatic rings. The third-order valence-electron chi connectivity index (χ3n) is 8.95. The normalized spacial score (nSPS) is 28.3. The molecule has 2 amide bonds. The minimum absolute atomic E-state index is 0.00856. The van der Waals surface area contributed by atoms with Crippen molar-refractivity contribution in [1.29, 1.82) is 0 Å². The quantitative estimate of drug-likeness (QED) is 0.113. The number of imide groups is 1. The molecule has 6 atom stereocenters. The molecule has 0 bridgehead atoms. The number of nitrogens with zero attached hydrogens (tertiary/aromatic N) is 2. The number of aliphatic hydroxyl groups excluding tert-OH is 6. The molecule has 1 aliphatic carbocycles. The van der Waals surface area contributed by atoms with Crippen LogP contribution in [0.3, 0.4) is 0 Å². The van der Waals surface area contributed by atoms with Crippen molar-refractivity contribution in [3.8, 4) is 5.75 Å². The van der Waals surface area contributed by atoms with Gasteiger partial charge in [-0.15, -0.1) is 0 Å². The minimum Gasteiger partial charge on any atom is -0.508 e. The highest BCUT2D eigenvalue weighted by Gasteiger charge is 2.48. The molecule has 4 heterocycles. The van der Waals surface area contributed by atoms with E-state index in [1.165, 1.54) is 22.8 Å². The van der Waals surface area contributed by atoms with Gasteiger partial charge in [-0.25, -0.2) is 10.4 Å². The standard InChI is InChI=1S/C30H32N4O11/c1-30(44)5-4-13-15(7-30)31-22-18(13)20-21(28(43)34(27(20)42)32-11(8-35)9-36)19-14-3-2-12(38)6-16(14)33(23(19)22)29-26(41)25(40)24(39)17(10-37)45-29/h2-6,11,17,24-26,29,31-32,35-41,44H,7-10H2,1H3. The molecule has 1 saturated heterocycles. The van der Waals surface area contributed by atoms with Gasteiger partial charge in [0.05, 0.1) is 59.1 Å². The van der Waals surface area contributed by atoms with Crippen LogP contribution in [-0.4, -0.2) is 123 Å². The fourth-order valence-electron chi connectivity index (χ4n) is 6.80. The number of fused-ring (bicyclic) bond motifs is 10. The number of benzene rings is 2. The average molecular weight is 625 g/mol. The first-order chi connectivity index (χ1) is 21.4. The molecule has 4 aromatic rings. The summed E-state index contributed by atoms with van der Waals surface area (Å²) in [6.07, 6.45) is -4.57. The van der Waals surface area contributed by atoms with Gasteiger partial charge in [-0.1, -0.05) is 12.2 Å². The number of carbonyl (C=O) groups excluding carboxylic acids is 2. The number of hydrazine groups is 1. The Hall–Kier alpha value is -3.90. The maximum Gasteiger partial charge on any atom is 0.276 e. The van der Waals surface area contributed by atoms with Gasteiger partial charge in [-0.3, -0.25) is 9.59 Å². The van der Waals surface area contributed by atoms with Crippen molar-refractivity contribution >= 4 is 50.6 Å². The summed E-state index contributed by atoms with van der Waals surface area (Å²) >= 11 is 0. The van der Waals surface area contributed by atoms with Crippen LogP contribution in [0.4, 0.5) is 0 Å². The number of carbonyl (C=O) groups is 2. The molecule has 6 unspecified atom stereocenters. The van der Waals surface area contributed by atoms with E-state index in [0.717, 1.165) is 5.01 Å². The van der Waals surface area contributed by atoms with Gasteiger partial charge in [0.2, 0.25) is 0 Å². The average Bonchev–Trinajstić information content (AvgIpc) is 3.61. The van der Waals surface area contributed by atoms with Gasteiger partial charge in [-0.05, 0) is 19.1 Å². The summed E-state index contributed by atoms with van der Waals surface area (Å²) in [5.74, 6) is -1.74. The van der Waals surface area contributed by atoms with Crippen LogP contribution in [0.5, 0.6) is 5.75 Å². The number of H-pyrrole nitrogens is 1. The number of phenolic OH excluding ortho intramolecular Hbond substituents is 1. The van der Waals surface area contributed by atoms with Gasteiger partial charge in [0.25, 0.3) is 11.8 Å². The number of hydrogen-bond acceptors (Lipinski definition) is 12. The highest BCUT2D eigenvalue weighted by atomic mass is 16.6. The number of aromatic hydroxyl groups is 1. The van der Waals surface area contributed by atoms with Crippen LogP contribution < -0.4 is 5.43 Å². The number of rotatable bonds is 6. The summed E-state index contributed by atoms with van der Waals surface area (Å²) in [5, 5.41) is 84.7. The lowest BCUT2D eigenvalue weighted by molar-refractivity contribution is -0.249. The summed E-state index contributed by atoms with van der Waals surface area (Å²) in [4.78, 5) is 31.5. The van der Waals surface area contributed by atoms with Gasteiger partial charge in [0.1, 0.15) is 30.2 Å². The van der Waals surface area contributed by atoms with Crippen LogP contribution in [0.1, 0.15) is 45.1 Å². The van der Waals surface area contributed by atoms with Crippen molar-refractivity contribution in [2.45, 2.75) is 55.6 Å². The predicted octanol–water partition coefficient (Wildman–Crippen LogP) is -1.27. The Labute approximate surface area is 253 Å². The van der Waals surface area contributed by atoms with Gasteiger partial charge in [0, 0.05) is 39.9 Å². The highest BCUT2D eigenvalue weighted by Crippen LogP contribution is 2.48. The zero-order valence-electron chi connectivity index (χ0n) is 23.9. The largest absolute Gasteiger partial charge is 0.508 e. The Morgan fingerprint density at radius 2 is 1.73 bits per heavy atom. The van der Waals surface area contributed by atoms with Crippen LogP contribution in [0.2, 0.25) is 0 Å². The Balaban J connectivity index is 1.62. The molecule has 15 heteroatoms. The third-order valence-corrected chi connectivity index (χ3v) is 8.95. The SMILES string of the molecule is CC1(O)C=Cc2c([nH]c3c2c2c(c4c5ccc(O)cc5n(C5OC(CO)C(O)C(O)C5O)c34)C(=O)N(NC(CO)CO)C2=O)C1. The molecule has 0 radical (unpaired) electrons. The highest BCUT2D eigenvalue weighted by molar-refractivity contribution is 6.37. The zero-order valence-corrected chi connectivity index (χ0v) is 23.9. The lowest BCUT2D eigenvalue weighted by atomic mass is 9.89. The molecule has 2 aromatic heterocycles. The fourth-order valence-corrected chi connectivity index (χ4v) is 6.80. The number of aromatic nitrogens is 2. The van der Waals surface area contributed by atoms with Crippen LogP contribution in [0.25, 0.3) is 38.8 Å². The second kappa shape index (κ2) is 10.3. The van der Waals surface area contributed by atoms with E-state index in [4.69, 9.17) is 4.74 Å². The first-order valence-corrected chi connectivity index (χ1v) is 14.4. The van der Waals surface area contributed by atoms with E-state index in [1.807, 2.05) is 0 Å². The van der Waals surface area contributed by atoms with E-state index in [0.29, 0.717) is 27.5 Å². The Bertz CT molecular complexity index is 1920. The Morgan fingerprint density at radius 1 is 1.04 bits per heavy atom. The van der Waals surface area contributed by atoms with E-state index in [2.05, 4.69) is 10.4 Å². The first kappa shape index (κ1) is 29.8. The maximum absolute atomic E-state index is 14.1. The molecule has 1 fully saturated rings. The van der Waals surface area contributed by atoms with Gasteiger partial charge < -0.3 is 55.1 Å². The number of nitrogens with one attached hydrogen (secondary N) is 2. The molecule has 10 N–H and O–H groups in total. The molecule has 238 valence electrons. The van der Waals surface area contributed by atoms with E-state index in [1.54, 1.807) is 19.1 Å². The first-order valence-electron chi connectivity index (χ1n) is 14.4. The lowest BCUT2D eigenvalue weighted by Crippen LogP contribution is -2.56. The van der Waals surface area contributed by atoms with Crippen molar-refractivity contribution in [1.82, 2.24) is 20.0 Å². The van der Waals surface area contributed by atoms with Crippen LogP contribution in [0, 0.1) is 0 Å². The van der Waals surface area contributed by atoms with Crippen LogP contribution >= 0.6 is 0 Å². The second-order valence-corrected chi connectivity index (χ2v) is 12.0. The van der Waals surface area contributed by atoms with Gasteiger partial charge in [0.15, 0.2) is 6.23 Å². The van der Waals surface area contributed by atoms with E-state index < -0.39 is 73.9 Å². The van der Waals surface area contributed by atoms with Crippen molar-refractivity contribution < 1.29 is 55.2 Å². The fraction of sp³-hybridized carbons (Fsp3) is 0.400. The summed E-state index contributed by atoms with van der Waals surface area (Å²) < 4.78 is 7.40. The topological polar surface area (TPSA) is 241 Å². The Kier molecular flexibility index (Phi) is 6.83. The monoisotopic (exact) mass is 624 g/mol. The number of phenols is 1. The van der Waals surface area contributed by atoms with Crippen molar-refractivity contribution in [3.05, 3.63) is 46.7 Å². The molecule has 0 saturated carbocycles. The number of hydrogen-bond donors (Lipinski definition) is 10. The minimum atomic E-state index is -1.75. The number of ether oxygens (including phenoxy) is 1. The maximum atomic E-state index is 14.1. The second-order valence-electron chi connectivity index (χ2n) is 12.0. The van der Waals surface area contributed by atoms with Crippen molar-refractivity contribution in [2.24, 2.45) is 0 Å². The summed E-state index contributed by atoms with van der Waals surface area (Å²) in [6, 6.07) is 3.21. The van der Waals surface area contributed by atoms with E-state index >= 15 is 0 Å². The summed E-state index contributed by atoms with van der Waals surface area (Å²) in [5.41, 5.74) is 3.16. The number of aliphatic hydroxyl groups is 7. The molecule has 45 heavy (non-hydrogen) atoms. The van der Waals surface area contributed by atoms with Crippen LogP contribution in [-0.2, 0) is 11.2 Å². The van der Waals surface area contributed by atoms with Gasteiger partial charge in [-0.2, -0.15) is 0 Å². The smallest absolute Gasteiger partial charge is 0.276 e. The third kappa shape index (κ3) is 4.17. The summed E-state index contributed by atoms with van der Waals surface area (Å²) in [7, 11) is 0. The molecular formula is C30H32N4O11. The van der Waals surface area contributed by atoms with E-state index in [-0.39, 0.29) is 39.7 Å². The van der Waals surface area contributed by atoms with Crippen LogP contribution in [0.15, 0.2) is 24.3 Å². The zero-order chi connectivity index (χ0) is 32.1.